The highest BCUT2D eigenvalue weighted by Crippen LogP contribution is 2.29. The smallest absolute Gasteiger partial charge is 0.350 e. The molecule has 0 aromatic carbocycles. The SMILES string of the molecule is COc1ccnc(Cn2nc3ccccn3c2=O)c1OC. The summed E-state index contributed by atoms with van der Waals surface area (Å²) in [5.41, 5.74) is 0.948. The second kappa shape index (κ2) is 5.28. The molecule has 0 aliphatic rings. The number of nitrogens with zero attached hydrogens (tertiary/aromatic N) is 4. The van der Waals surface area contributed by atoms with Gasteiger partial charge in [-0.3, -0.25) is 9.38 Å². The van der Waals surface area contributed by atoms with Crippen LogP contribution in [0, 0.1) is 0 Å². The normalized spacial score (nSPS) is 10.8. The summed E-state index contributed by atoms with van der Waals surface area (Å²) in [6.45, 7) is 0.209. The van der Waals surface area contributed by atoms with Gasteiger partial charge >= 0.3 is 5.69 Å². The van der Waals surface area contributed by atoms with Crippen molar-refractivity contribution in [1.82, 2.24) is 19.2 Å². The van der Waals surface area contributed by atoms with E-state index in [0.29, 0.717) is 22.8 Å². The Bertz CT molecular complexity index is 838. The summed E-state index contributed by atoms with van der Waals surface area (Å²) in [6.07, 6.45) is 3.29. The van der Waals surface area contributed by atoms with Gasteiger partial charge in [0.15, 0.2) is 17.1 Å². The first kappa shape index (κ1) is 13.2. The van der Waals surface area contributed by atoms with E-state index in [9.17, 15) is 4.79 Å². The van der Waals surface area contributed by atoms with E-state index in [-0.39, 0.29) is 12.2 Å². The Balaban J connectivity index is 2.07. The van der Waals surface area contributed by atoms with Gasteiger partial charge in [-0.1, -0.05) is 6.07 Å². The number of rotatable bonds is 4. The molecule has 0 N–H and O–H groups in total. The first-order valence-corrected chi connectivity index (χ1v) is 6.34. The number of pyridine rings is 2. The van der Waals surface area contributed by atoms with Crippen molar-refractivity contribution < 1.29 is 9.47 Å². The van der Waals surface area contributed by atoms with E-state index in [1.54, 1.807) is 37.7 Å². The van der Waals surface area contributed by atoms with Crippen molar-refractivity contribution in [1.29, 1.82) is 0 Å². The molecule has 0 radical (unpaired) electrons. The predicted octanol–water partition coefficient (Wildman–Crippen LogP) is 0.956. The van der Waals surface area contributed by atoms with Gasteiger partial charge in [0.1, 0.15) is 5.69 Å². The molecule has 0 unspecified atom stereocenters. The molecule has 0 fully saturated rings. The van der Waals surface area contributed by atoms with Crippen LogP contribution in [-0.4, -0.2) is 33.4 Å². The molecule has 0 aliphatic carbocycles. The molecule has 0 spiro atoms. The van der Waals surface area contributed by atoms with Gasteiger partial charge in [-0.2, -0.15) is 0 Å². The van der Waals surface area contributed by atoms with Crippen molar-refractivity contribution in [2.75, 3.05) is 14.2 Å². The molecule has 21 heavy (non-hydrogen) atoms. The third-order valence-corrected chi connectivity index (χ3v) is 3.15. The maximum absolute atomic E-state index is 12.3. The minimum atomic E-state index is -0.225. The standard InChI is InChI=1S/C14H14N4O3/c1-20-11-6-7-15-10(13(11)21-2)9-18-14(19)17-8-4-3-5-12(17)16-18/h3-8H,9H2,1-2H3. The van der Waals surface area contributed by atoms with Crippen LogP contribution in [0.5, 0.6) is 11.5 Å². The van der Waals surface area contributed by atoms with Crippen LogP contribution in [0.15, 0.2) is 41.5 Å². The van der Waals surface area contributed by atoms with Crippen LogP contribution in [0.4, 0.5) is 0 Å². The van der Waals surface area contributed by atoms with Crippen LogP contribution in [0.3, 0.4) is 0 Å². The molecule has 0 saturated carbocycles. The summed E-state index contributed by atoms with van der Waals surface area (Å²) in [6, 6.07) is 7.09. The number of aromatic nitrogens is 4. The molecule has 108 valence electrons. The molecule has 0 saturated heterocycles. The molecular weight excluding hydrogens is 272 g/mol. The largest absolute Gasteiger partial charge is 0.493 e. The van der Waals surface area contributed by atoms with E-state index >= 15 is 0 Å². The summed E-state index contributed by atoms with van der Waals surface area (Å²) in [4.78, 5) is 16.5. The van der Waals surface area contributed by atoms with Crippen LogP contribution in [0.2, 0.25) is 0 Å². The lowest BCUT2D eigenvalue weighted by Crippen LogP contribution is -2.22. The third kappa shape index (κ3) is 2.22. The zero-order valence-corrected chi connectivity index (χ0v) is 11.7. The monoisotopic (exact) mass is 286 g/mol. The van der Waals surface area contributed by atoms with Crippen molar-refractivity contribution in [3.63, 3.8) is 0 Å². The van der Waals surface area contributed by atoms with Crippen LogP contribution < -0.4 is 15.2 Å². The molecule has 7 nitrogen and oxygen atoms in total. The highest BCUT2D eigenvalue weighted by molar-refractivity contribution is 5.43. The van der Waals surface area contributed by atoms with Crippen LogP contribution in [0.1, 0.15) is 5.69 Å². The summed E-state index contributed by atoms with van der Waals surface area (Å²) in [5.74, 6) is 1.07. The molecule has 3 aromatic heterocycles. The van der Waals surface area contributed by atoms with Gasteiger partial charge in [-0.15, -0.1) is 5.10 Å². The van der Waals surface area contributed by atoms with Crippen molar-refractivity contribution in [3.05, 3.63) is 52.8 Å². The van der Waals surface area contributed by atoms with Gasteiger partial charge in [-0.25, -0.2) is 9.48 Å². The summed E-state index contributed by atoms with van der Waals surface area (Å²) < 4.78 is 13.4. The van der Waals surface area contributed by atoms with Gasteiger partial charge in [0, 0.05) is 18.5 Å². The van der Waals surface area contributed by atoms with E-state index in [4.69, 9.17) is 9.47 Å². The average Bonchev–Trinajstić information content (AvgIpc) is 2.83. The zero-order valence-electron chi connectivity index (χ0n) is 11.7. The van der Waals surface area contributed by atoms with E-state index in [1.807, 2.05) is 6.07 Å². The number of ether oxygens (including phenoxy) is 2. The quantitative estimate of drug-likeness (QED) is 0.714. The molecule has 0 aliphatic heterocycles. The third-order valence-electron chi connectivity index (χ3n) is 3.15. The molecule has 7 heteroatoms. The van der Waals surface area contributed by atoms with Gasteiger partial charge in [0.2, 0.25) is 0 Å². The molecule has 0 amide bonds. The zero-order chi connectivity index (χ0) is 14.8. The topological polar surface area (TPSA) is 70.6 Å². The van der Waals surface area contributed by atoms with Crippen molar-refractivity contribution >= 4 is 5.65 Å². The highest BCUT2D eigenvalue weighted by atomic mass is 16.5. The lowest BCUT2D eigenvalue weighted by atomic mass is 10.3. The van der Waals surface area contributed by atoms with Gasteiger partial charge in [0.05, 0.1) is 20.8 Å². The Hall–Kier alpha value is -2.83. The fraction of sp³-hybridized carbons (Fsp3) is 0.214. The summed E-state index contributed by atoms with van der Waals surface area (Å²) in [7, 11) is 3.09. The van der Waals surface area contributed by atoms with E-state index < -0.39 is 0 Å². The second-order valence-corrected chi connectivity index (χ2v) is 4.36. The lowest BCUT2D eigenvalue weighted by Gasteiger charge is -2.10. The Kier molecular flexibility index (Phi) is 3.31. The molecule has 3 aromatic rings. The maximum atomic E-state index is 12.3. The Labute approximate surface area is 120 Å². The Morgan fingerprint density at radius 3 is 2.76 bits per heavy atom. The Morgan fingerprint density at radius 2 is 2.05 bits per heavy atom. The predicted molar refractivity (Wildman–Crippen MR) is 75.9 cm³/mol. The number of hydrogen-bond donors (Lipinski definition) is 0. The Morgan fingerprint density at radius 1 is 1.19 bits per heavy atom. The molecule has 3 rings (SSSR count). The van der Waals surface area contributed by atoms with Crippen molar-refractivity contribution in [3.8, 4) is 11.5 Å². The van der Waals surface area contributed by atoms with Gasteiger partial charge in [-0.05, 0) is 12.1 Å². The fourth-order valence-electron chi connectivity index (χ4n) is 2.18. The average molecular weight is 286 g/mol. The highest BCUT2D eigenvalue weighted by Gasteiger charge is 2.14. The van der Waals surface area contributed by atoms with Gasteiger partial charge in [0.25, 0.3) is 0 Å². The first-order valence-electron chi connectivity index (χ1n) is 6.34. The number of methoxy groups -OCH3 is 2. The number of hydrogen-bond acceptors (Lipinski definition) is 5. The van der Waals surface area contributed by atoms with Crippen LogP contribution in [0.25, 0.3) is 5.65 Å². The molecule has 0 bridgehead atoms. The molecular formula is C14H14N4O3. The molecule has 3 heterocycles. The van der Waals surface area contributed by atoms with E-state index in [0.717, 1.165) is 0 Å². The lowest BCUT2D eigenvalue weighted by molar-refractivity contribution is 0.347. The molecule has 0 atom stereocenters. The van der Waals surface area contributed by atoms with Crippen LogP contribution in [-0.2, 0) is 6.54 Å². The number of fused-ring (bicyclic) bond motifs is 1. The maximum Gasteiger partial charge on any atom is 0.350 e. The minimum absolute atomic E-state index is 0.209. The van der Waals surface area contributed by atoms with E-state index in [1.165, 1.54) is 16.2 Å². The van der Waals surface area contributed by atoms with Crippen LogP contribution >= 0.6 is 0 Å². The van der Waals surface area contributed by atoms with Crippen molar-refractivity contribution in [2.24, 2.45) is 0 Å². The van der Waals surface area contributed by atoms with Crippen molar-refractivity contribution in [2.45, 2.75) is 6.54 Å². The first-order chi connectivity index (χ1) is 10.2. The fourth-order valence-corrected chi connectivity index (χ4v) is 2.18. The summed E-state index contributed by atoms with van der Waals surface area (Å²) >= 11 is 0. The second-order valence-electron chi connectivity index (χ2n) is 4.36. The van der Waals surface area contributed by atoms with Gasteiger partial charge < -0.3 is 9.47 Å². The van der Waals surface area contributed by atoms with E-state index in [2.05, 4.69) is 10.1 Å². The summed E-state index contributed by atoms with van der Waals surface area (Å²) in [5, 5.41) is 4.27. The minimum Gasteiger partial charge on any atom is -0.493 e.